The summed E-state index contributed by atoms with van der Waals surface area (Å²) in [6.07, 6.45) is 5.27. The number of nitrogens with two attached hydrogens (primary N) is 1. The number of amides is 1. The van der Waals surface area contributed by atoms with Crippen molar-refractivity contribution in [2.24, 2.45) is 28.9 Å². The van der Waals surface area contributed by atoms with Crippen molar-refractivity contribution >= 4 is 5.91 Å². The summed E-state index contributed by atoms with van der Waals surface area (Å²) in [7, 11) is 0. The van der Waals surface area contributed by atoms with Crippen LogP contribution >= 0.6 is 0 Å². The first kappa shape index (κ1) is 19.2. The first-order valence-corrected chi connectivity index (χ1v) is 9.61. The molecule has 26 heavy (non-hydrogen) atoms. The molecule has 5 heteroatoms. The summed E-state index contributed by atoms with van der Waals surface area (Å²) in [6.45, 7) is 6.65. The van der Waals surface area contributed by atoms with Crippen LogP contribution in [0.3, 0.4) is 0 Å². The number of aliphatic hydroxyl groups is 1. The van der Waals surface area contributed by atoms with Gasteiger partial charge in [0.1, 0.15) is 11.6 Å². The number of ether oxygens (including phenoxy) is 1. The lowest BCUT2D eigenvalue weighted by atomic mass is 9.60. The number of aliphatic hydroxyl groups excluding tert-OH is 1. The van der Waals surface area contributed by atoms with E-state index < -0.39 is 17.8 Å². The maximum absolute atomic E-state index is 14.2. The van der Waals surface area contributed by atoms with Gasteiger partial charge in [-0.1, -0.05) is 13.8 Å². The van der Waals surface area contributed by atoms with Gasteiger partial charge in [-0.2, -0.15) is 0 Å². The molecule has 1 aromatic rings. The van der Waals surface area contributed by atoms with E-state index in [1.54, 1.807) is 6.92 Å². The molecule has 3 rings (SSSR count). The Morgan fingerprint density at radius 1 is 1.35 bits per heavy atom. The molecule has 2 bridgehead atoms. The van der Waals surface area contributed by atoms with Gasteiger partial charge in [0, 0.05) is 17.0 Å². The predicted octanol–water partition coefficient (Wildman–Crippen LogP) is 4.21. The first-order valence-electron chi connectivity index (χ1n) is 9.61. The summed E-state index contributed by atoms with van der Waals surface area (Å²) < 4.78 is 20.2. The number of rotatable bonds is 5. The van der Waals surface area contributed by atoms with E-state index in [1.165, 1.54) is 31.4 Å². The van der Waals surface area contributed by atoms with Crippen molar-refractivity contribution in [2.45, 2.75) is 59.0 Å². The zero-order valence-electron chi connectivity index (χ0n) is 15.9. The molecule has 3 unspecified atom stereocenters. The van der Waals surface area contributed by atoms with E-state index in [0.29, 0.717) is 17.9 Å². The largest absolute Gasteiger partial charge is 0.493 e. The molecule has 0 radical (unpaired) electrons. The number of primary amides is 1. The fourth-order valence-electron chi connectivity index (χ4n) is 5.29. The molecule has 3 atom stereocenters. The van der Waals surface area contributed by atoms with Gasteiger partial charge >= 0.3 is 0 Å². The van der Waals surface area contributed by atoms with Crippen LogP contribution in [-0.4, -0.2) is 17.6 Å². The van der Waals surface area contributed by atoms with Gasteiger partial charge in [0.05, 0.1) is 18.3 Å². The van der Waals surface area contributed by atoms with E-state index in [4.69, 9.17) is 10.5 Å². The molecule has 144 valence electrons. The third kappa shape index (κ3) is 4.03. The molecular formula is C21H30FNO3. The topological polar surface area (TPSA) is 72.5 Å². The smallest absolute Gasteiger partial charge is 0.251 e. The summed E-state index contributed by atoms with van der Waals surface area (Å²) in [5.74, 6) is 1.04. The minimum atomic E-state index is -0.872. The van der Waals surface area contributed by atoms with Gasteiger partial charge in [0.2, 0.25) is 0 Å². The van der Waals surface area contributed by atoms with E-state index >= 15 is 0 Å². The van der Waals surface area contributed by atoms with E-state index in [0.717, 1.165) is 30.6 Å². The molecule has 0 aliphatic heterocycles. The molecule has 4 nitrogen and oxygen atoms in total. The van der Waals surface area contributed by atoms with Crippen molar-refractivity contribution in [3.63, 3.8) is 0 Å². The van der Waals surface area contributed by atoms with Crippen LogP contribution in [0.4, 0.5) is 4.39 Å². The van der Waals surface area contributed by atoms with Gasteiger partial charge in [-0.3, -0.25) is 4.79 Å². The van der Waals surface area contributed by atoms with Crippen LogP contribution in [-0.2, 0) is 0 Å². The number of carbonyl (C=O) groups is 1. The average Bonchev–Trinajstić information content (AvgIpc) is 2.50. The molecule has 1 aromatic carbocycles. The summed E-state index contributed by atoms with van der Waals surface area (Å²) in [4.78, 5) is 11.4. The number of benzene rings is 1. The normalized spacial score (nSPS) is 32.1. The molecular weight excluding hydrogens is 333 g/mol. The van der Waals surface area contributed by atoms with Crippen LogP contribution in [0.2, 0.25) is 0 Å². The Labute approximate surface area is 154 Å². The summed E-state index contributed by atoms with van der Waals surface area (Å²) in [5.41, 5.74) is 5.44. The van der Waals surface area contributed by atoms with E-state index in [1.807, 2.05) is 0 Å². The molecule has 2 aliphatic carbocycles. The third-order valence-corrected chi connectivity index (χ3v) is 6.09. The maximum atomic E-state index is 14.2. The second kappa shape index (κ2) is 7.18. The third-order valence-electron chi connectivity index (χ3n) is 6.09. The van der Waals surface area contributed by atoms with Crippen molar-refractivity contribution < 1.29 is 19.0 Å². The second-order valence-corrected chi connectivity index (χ2v) is 8.96. The van der Waals surface area contributed by atoms with Crippen LogP contribution in [0.25, 0.3) is 0 Å². The average molecular weight is 363 g/mol. The maximum Gasteiger partial charge on any atom is 0.251 e. The van der Waals surface area contributed by atoms with Gasteiger partial charge in [-0.15, -0.1) is 0 Å². The molecule has 0 spiro atoms. The van der Waals surface area contributed by atoms with Crippen molar-refractivity contribution in [1.82, 2.24) is 0 Å². The van der Waals surface area contributed by atoms with E-state index in [9.17, 15) is 14.3 Å². The predicted molar refractivity (Wildman–Crippen MR) is 98.4 cm³/mol. The molecule has 0 aromatic heterocycles. The number of halogens is 1. The lowest BCUT2D eigenvalue weighted by Crippen LogP contribution is -2.39. The van der Waals surface area contributed by atoms with Crippen LogP contribution in [0.1, 0.15) is 74.9 Å². The molecule has 2 fully saturated rings. The Balaban J connectivity index is 1.77. The van der Waals surface area contributed by atoms with Crippen LogP contribution < -0.4 is 10.5 Å². The molecule has 0 saturated heterocycles. The number of carbonyl (C=O) groups excluding carboxylic acids is 1. The fourth-order valence-corrected chi connectivity index (χ4v) is 5.29. The Hall–Kier alpha value is -1.62. The number of fused-ring (bicyclic) bond motifs is 2. The lowest BCUT2D eigenvalue weighted by molar-refractivity contribution is 0.0137. The van der Waals surface area contributed by atoms with Crippen molar-refractivity contribution in [3.8, 4) is 5.75 Å². The monoisotopic (exact) mass is 363 g/mol. The minimum absolute atomic E-state index is 0.0581. The fraction of sp³-hybridized carbons (Fsp3) is 0.667. The number of hydrogen-bond acceptors (Lipinski definition) is 3. The zero-order valence-corrected chi connectivity index (χ0v) is 15.9. The van der Waals surface area contributed by atoms with Gasteiger partial charge < -0.3 is 15.6 Å². The summed E-state index contributed by atoms with van der Waals surface area (Å²) >= 11 is 0. The van der Waals surface area contributed by atoms with Crippen molar-refractivity contribution in [2.75, 3.05) is 6.61 Å². The Morgan fingerprint density at radius 3 is 2.50 bits per heavy atom. The molecule has 2 aliphatic rings. The highest BCUT2D eigenvalue weighted by molar-refractivity contribution is 5.93. The lowest BCUT2D eigenvalue weighted by Gasteiger charge is -2.47. The van der Waals surface area contributed by atoms with Gasteiger partial charge in [0.15, 0.2) is 0 Å². The summed E-state index contributed by atoms with van der Waals surface area (Å²) in [6, 6.07) is 2.48. The Kier molecular flexibility index (Phi) is 5.29. The van der Waals surface area contributed by atoms with Gasteiger partial charge in [-0.05, 0) is 62.8 Å². The second-order valence-electron chi connectivity index (χ2n) is 8.96. The van der Waals surface area contributed by atoms with Crippen molar-refractivity contribution in [1.29, 1.82) is 0 Å². The number of hydrogen-bond donors (Lipinski definition) is 2. The quantitative estimate of drug-likeness (QED) is 0.823. The van der Waals surface area contributed by atoms with Crippen LogP contribution in [0.15, 0.2) is 12.1 Å². The Morgan fingerprint density at radius 2 is 1.96 bits per heavy atom. The first-order chi connectivity index (χ1) is 12.2. The van der Waals surface area contributed by atoms with Crippen LogP contribution in [0, 0.1) is 29.0 Å². The molecule has 3 N–H and O–H groups in total. The van der Waals surface area contributed by atoms with E-state index in [2.05, 4.69) is 13.8 Å². The van der Waals surface area contributed by atoms with Crippen LogP contribution in [0.5, 0.6) is 5.75 Å². The van der Waals surface area contributed by atoms with Crippen molar-refractivity contribution in [3.05, 3.63) is 29.1 Å². The zero-order chi connectivity index (χ0) is 19.1. The highest BCUT2D eigenvalue weighted by atomic mass is 19.1. The Bertz CT molecular complexity index is 670. The minimum Gasteiger partial charge on any atom is -0.493 e. The standard InChI is InChI=1S/C21H30FNO3/c1-12-4-14-6-15(5-12)10-21(3,9-14)11-26-19-8-18(22)17(20(23)25)7-16(19)13(2)24/h7-8,12-15,24H,4-6,9-11H2,1-3H3,(H2,23,25). The van der Waals surface area contributed by atoms with Gasteiger partial charge in [-0.25, -0.2) is 4.39 Å². The molecule has 0 heterocycles. The molecule has 2 saturated carbocycles. The highest BCUT2D eigenvalue weighted by Crippen LogP contribution is 2.50. The van der Waals surface area contributed by atoms with E-state index in [-0.39, 0.29) is 11.0 Å². The summed E-state index contributed by atoms with van der Waals surface area (Å²) in [5, 5.41) is 10.0. The highest BCUT2D eigenvalue weighted by Gasteiger charge is 2.41. The van der Waals surface area contributed by atoms with Gasteiger partial charge in [0.25, 0.3) is 5.91 Å². The molecule has 1 amide bonds. The SMILES string of the molecule is CC1CC2CC(C1)CC(C)(COc1cc(F)c(C(N)=O)cc1C(C)O)C2.